The maximum absolute atomic E-state index is 12.1. The summed E-state index contributed by atoms with van der Waals surface area (Å²) in [4.78, 5) is 25.5. The van der Waals surface area contributed by atoms with Gasteiger partial charge in [0.15, 0.2) is 0 Å². The smallest absolute Gasteiger partial charge is 0.253 e. The van der Waals surface area contributed by atoms with E-state index in [0.29, 0.717) is 23.8 Å². The van der Waals surface area contributed by atoms with Gasteiger partial charge in [-0.2, -0.15) is 0 Å². The van der Waals surface area contributed by atoms with Crippen LogP contribution in [0.25, 0.3) is 0 Å². The van der Waals surface area contributed by atoms with E-state index in [9.17, 15) is 9.59 Å². The Morgan fingerprint density at radius 3 is 2.37 bits per heavy atom. The summed E-state index contributed by atoms with van der Waals surface area (Å²) in [5.41, 5.74) is 2.04. The van der Waals surface area contributed by atoms with E-state index in [4.69, 9.17) is 4.74 Å². The highest BCUT2D eigenvalue weighted by Crippen LogP contribution is 2.18. The van der Waals surface area contributed by atoms with Crippen molar-refractivity contribution in [2.45, 2.75) is 13.8 Å². The molecule has 0 heterocycles. The first-order chi connectivity index (χ1) is 12.8. The largest absolute Gasteiger partial charge is 0.493 e. The Morgan fingerprint density at radius 2 is 1.74 bits per heavy atom. The standard InChI is InChI=1S/C21H27N3O3/c1-15(2)14-27-19-7-5-6-18(12-19)22-13-20(25)23-17-10-8-16(9-11-17)21(26)24(3)4/h5-12,15,22H,13-14H2,1-4H3,(H,23,25). The number of hydrogen-bond donors (Lipinski definition) is 2. The van der Waals surface area contributed by atoms with Gasteiger partial charge in [-0.1, -0.05) is 19.9 Å². The van der Waals surface area contributed by atoms with Gasteiger partial charge in [-0.25, -0.2) is 0 Å². The number of ether oxygens (including phenoxy) is 1. The van der Waals surface area contributed by atoms with Gasteiger partial charge in [0.1, 0.15) is 5.75 Å². The number of rotatable bonds is 8. The third-order valence-corrected chi connectivity index (χ3v) is 3.69. The van der Waals surface area contributed by atoms with Crippen molar-refractivity contribution >= 4 is 23.2 Å². The summed E-state index contributed by atoms with van der Waals surface area (Å²) in [6.45, 7) is 4.97. The minimum atomic E-state index is -0.171. The zero-order valence-corrected chi connectivity index (χ0v) is 16.3. The molecule has 0 fully saturated rings. The lowest BCUT2D eigenvalue weighted by Crippen LogP contribution is -2.23. The number of amides is 2. The van der Waals surface area contributed by atoms with Gasteiger partial charge in [-0.3, -0.25) is 9.59 Å². The van der Waals surface area contributed by atoms with Crippen LogP contribution in [0.1, 0.15) is 24.2 Å². The fourth-order valence-electron chi connectivity index (χ4n) is 2.30. The number of nitrogens with zero attached hydrogens (tertiary/aromatic N) is 1. The van der Waals surface area contributed by atoms with Crippen molar-refractivity contribution in [1.82, 2.24) is 4.90 Å². The third kappa shape index (κ3) is 6.66. The van der Waals surface area contributed by atoms with E-state index in [1.165, 1.54) is 4.90 Å². The van der Waals surface area contributed by atoms with Crippen LogP contribution in [-0.4, -0.2) is 44.0 Å². The van der Waals surface area contributed by atoms with Crippen LogP contribution in [0.15, 0.2) is 48.5 Å². The summed E-state index contributed by atoms with van der Waals surface area (Å²) < 4.78 is 5.69. The molecule has 0 aliphatic rings. The van der Waals surface area contributed by atoms with E-state index >= 15 is 0 Å². The molecule has 0 unspecified atom stereocenters. The lowest BCUT2D eigenvalue weighted by atomic mass is 10.2. The van der Waals surface area contributed by atoms with Crippen LogP contribution in [0.3, 0.4) is 0 Å². The molecule has 2 rings (SSSR count). The first-order valence-electron chi connectivity index (χ1n) is 8.93. The van der Waals surface area contributed by atoms with E-state index in [1.54, 1.807) is 38.4 Å². The van der Waals surface area contributed by atoms with Gasteiger partial charge in [0.2, 0.25) is 5.91 Å². The molecule has 0 aliphatic carbocycles. The van der Waals surface area contributed by atoms with E-state index in [-0.39, 0.29) is 18.4 Å². The summed E-state index contributed by atoms with van der Waals surface area (Å²) in [7, 11) is 3.40. The molecule has 2 N–H and O–H groups in total. The molecular formula is C21H27N3O3. The average molecular weight is 369 g/mol. The average Bonchev–Trinajstić information content (AvgIpc) is 2.65. The molecule has 0 aliphatic heterocycles. The maximum Gasteiger partial charge on any atom is 0.253 e. The molecule has 6 nitrogen and oxygen atoms in total. The lowest BCUT2D eigenvalue weighted by molar-refractivity contribution is -0.114. The Morgan fingerprint density at radius 1 is 1.04 bits per heavy atom. The second-order valence-corrected chi connectivity index (χ2v) is 6.91. The third-order valence-electron chi connectivity index (χ3n) is 3.69. The van der Waals surface area contributed by atoms with Crippen molar-refractivity contribution in [3.63, 3.8) is 0 Å². The Kier molecular flexibility index (Phi) is 7.23. The SMILES string of the molecule is CC(C)COc1cccc(NCC(=O)Nc2ccc(C(=O)N(C)C)cc2)c1. The number of hydrogen-bond acceptors (Lipinski definition) is 4. The number of carbonyl (C=O) groups is 2. The van der Waals surface area contributed by atoms with E-state index in [2.05, 4.69) is 24.5 Å². The fourth-order valence-corrected chi connectivity index (χ4v) is 2.30. The molecule has 2 aromatic rings. The summed E-state index contributed by atoms with van der Waals surface area (Å²) in [5.74, 6) is 0.978. The monoisotopic (exact) mass is 369 g/mol. The second kappa shape index (κ2) is 9.62. The number of carbonyl (C=O) groups excluding carboxylic acids is 2. The zero-order valence-electron chi connectivity index (χ0n) is 16.3. The molecule has 27 heavy (non-hydrogen) atoms. The first-order valence-corrected chi connectivity index (χ1v) is 8.93. The van der Waals surface area contributed by atoms with Crippen molar-refractivity contribution in [2.24, 2.45) is 5.92 Å². The van der Waals surface area contributed by atoms with Gasteiger partial charge in [-0.15, -0.1) is 0 Å². The predicted octanol–water partition coefficient (Wildman–Crippen LogP) is 3.47. The first kappa shape index (κ1) is 20.3. The van der Waals surface area contributed by atoms with Gasteiger partial charge < -0.3 is 20.3 Å². The van der Waals surface area contributed by atoms with Crippen molar-refractivity contribution in [2.75, 3.05) is 37.9 Å². The Balaban J connectivity index is 1.85. The van der Waals surface area contributed by atoms with Crippen molar-refractivity contribution in [3.05, 3.63) is 54.1 Å². The van der Waals surface area contributed by atoms with Crippen molar-refractivity contribution in [3.8, 4) is 5.75 Å². The molecule has 2 amide bonds. The molecule has 0 aromatic heterocycles. The number of nitrogens with one attached hydrogen (secondary N) is 2. The van der Waals surface area contributed by atoms with Gasteiger partial charge in [0.25, 0.3) is 5.91 Å². The van der Waals surface area contributed by atoms with Gasteiger partial charge in [0, 0.05) is 37.1 Å². The Bertz CT molecular complexity index is 770. The Labute approximate surface area is 160 Å². The fraction of sp³-hybridized carbons (Fsp3) is 0.333. The van der Waals surface area contributed by atoms with Gasteiger partial charge >= 0.3 is 0 Å². The topological polar surface area (TPSA) is 70.7 Å². The van der Waals surface area contributed by atoms with Crippen LogP contribution < -0.4 is 15.4 Å². The molecule has 6 heteroatoms. The maximum atomic E-state index is 12.1. The number of benzene rings is 2. The van der Waals surface area contributed by atoms with E-state index in [1.807, 2.05) is 24.3 Å². The molecule has 0 radical (unpaired) electrons. The van der Waals surface area contributed by atoms with Crippen LogP contribution in [0.5, 0.6) is 5.75 Å². The molecule has 0 spiro atoms. The quantitative estimate of drug-likeness (QED) is 0.747. The highest BCUT2D eigenvalue weighted by molar-refractivity contribution is 5.96. The zero-order chi connectivity index (χ0) is 19.8. The molecule has 0 atom stereocenters. The molecule has 0 bridgehead atoms. The van der Waals surface area contributed by atoms with E-state index in [0.717, 1.165) is 11.4 Å². The minimum Gasteiger partial charge on any atom is -0.493 e. The van der Waals surface area contributed by atoms with Gasteiger partial charge in [0.05, 0.1) is 13.2 Å². The normalized spacial score (nSPS) is 10.4. The van der Waals surface area contributed by atoms with Gasteiger partial charge in [-0.05, 0) is 42.3 Å². The lowest BCUT2D eigenvalue weighted by Gasteiger charge is -2.12. The van der Waals surface area contributed by atoms with Crippen molar-refractivity contribution in [1.29, 1.82) is 0 Å². The summed E-state index contributed by atoms with van der Waals surface area (Å²) >= 11 is 0. The molecule has 0 saturated heterocycles. The molecular weight excluding hydrogens is 342 g/mol. The number of anilines is 2. The molecule has 144 valence electrons. The highest BCUT2D eigenvalue weighted by Gasteiger charge is 2.08. The van der Waals surface area contributed by atoms with Crippen LogP contribution in [0, 0.1) is 5.92 Å². The van der Waals surface area contributed by atoms with Crippen LogP contribution in [-0.2, 0) is 4.79 Å². The molecule has 2 aromatic carbocycles. The van der Waals surface area contributed by atoms with E-state index < -0.39 is 0 Å². The summed E-state index contributed by atoms with van der Waals surface area (Å²) in [6.07, 6.45) is 0. The van der Waals surface area contributed by atoms with Crippen molar-refractivity contribution < 1.29 is 14.3 Å². The van der Waals surface area contributed by atoms with Crippen LogP contribution in [0.2, 0.25) is 0 Å². The predicted molar refractivity (Wildman–Crippen MR) is 108 cm³/mol. The van der Waals surface area contributed by atoms with Crippen LogP contribution in [0.4, 0.5) is 11.4 Å². The Hall–Kier alpha value is -3.02. The summed E-state index contributed by atoms with van der Waals surface area (Å²) in [5, 5.41) is 5.89. The summed E-state index contributed by atoms with van der Waals surface area (Å²) in [6, 6.07) is 14.4. The molecule has 0 saturated carbocycles. The van der Waals surface area contributed by atoms with Crippen LogP contribution >= 0.6 is 0 Å². The minimum absolute atomic E-state index is 0.0749. The highest BCUT2D eigenvalue weighted by atomic mass is 16.5. The second-order valence-electron chi connectivity index (χ2n) is 6.91.